The highest BCUT2D eigenvalue weighted by Gasteiger charge is 1.91. The normalized spacial score (nSPS) is 9.50. The number of halogens is 1. The van der Waals surface area contributed by atoms with Gasteiger partial charge in [0.25, 0.3) is 0 Å². The lowest BCUT2D eigenvalue weighted by Gasteiger charge is -2.02. The van der Waals surface area contributed by atoms with E-state index in [0.717, 1.165) is 13.1 Å². The zero-order valence-electron chi connectivity index (χ0n) is 7.65. The van der Waals surface area contributed by atoms with Crippen molar-refractivity contribution in [2.45, 2.75) is 6.54 Å². The zero-order chi connectivity index (χ0) is 10.2. The average Bonchev–Trinajstić information content (AvgIpc) is 2.21. The summed E-state index contributed by atoms with van der Waals surface area (Å²) in [5.41, 5.74) is 9.28. The van der Waals surface area contributed by atoms with Crippen LogP contribution in [0.3, 0.4) is 0 Å². The van der Waals surface area contributed by atoms with Gasteiger partial charge in [0.15, 0.2) is 0 Å². The topological polar surface area (TPSA) is 60.8 Å². The molecule has 0 aliphatic carbocycles. The molecule has 74 valence electrons. The van der Waals surface area contributed by atoms with E-state index in [1.165, 1.54) is 9.13 Å². The molecule has 0 atom stereocenters. The molecule has 0 aliphatic rings. The maximum Gasteiger partial charge on any atom is 0.0383 e. The highest BCUT2D eigenvalue weighted by molar-refractivity contribution is 14.1. The van der Waals surface area contributed by atoms with Gasteiger partial charge in [0.2, 0.25) is 0 Å². The van der Waals surface area contributed by atoms with Gasteiger partial charge in [-0.1, -0.05) is 17.2 Å². The fourth-order valence-electron chi connectivity index (χ4n) is 1.01. The Morgan fingerprint density at radius 2 is 2.07 bits per heavy atom. The first-order valence-corrected chi connectivity index (χ1v) is 5.37. The van der Waals surface area contributed by atoms with Gasteiger partial charge >= 0.3 is 0 Å². The Labute approximate surface area is 96.5 Å². The molecule has 5 heteroatoms. The number of nitrogens with zero attached hydrogens (tertiary/aromatic N) is 3. The van der Waals surface area contributed by atoms with Gasteiger partial charge in [-0.2, -0.15) is 0 Å². The molecule has 0 fully saturated rings. The fraction of sp³-hybridized carbons (Fsp3) is 0.333. The predicted molar refractivity (Wildman–Crippen MR) is 64.9 cm³/mol. The lowest BCUT2D eigenvalue weighted by Crippen LogP contribution is -2.16. The van der Waals surface area contributed by atoms with Gasteiger partial charge in [0, 0.05) is 28.1 Å². The summed E-state index contributed by atoms with van der Waals surface area (Å²) in [7, 11) is 0. The minimum absolute atomic E-state index is 0.501. The van der Waals surface area contributed by atoms with Crippen molar-refractivity contribution in [2.75, 3.05) is 13.1 Å². The molecule has 1 aromatic rings. The van der Waals surface area contributed by atoms with E-state index in [9.17, 15) is 0 Å². The number of rotatable bonds is 5. The second-order valence-electron chi connectivity index (χ2n) is 2.76. The Morgan fingerprint density at radius 3 is 2.71 bits per heavy atom. The molecular weight excluding hydrogens is 291 g/mol. The van der Waals surface area contributed by atoms with E-state index in [4.69, 9.17) is 5.53 Å². The predicted octanol–water partition coefficient (Wildman–Crippen LogP) is 2.69. The third-order valence-corrected chi connectivity index (χ3v) is 2.41. The van der Waals surface area contributed by atoms with Gasteiger partial charge in [0.1, 0.15) is 0 Å². The van der Waals surface area contributed by atoms with Gasteiger partial charge in [-0.3, -0.25) is 0 Å². The van der Waals surface area contributed by atoms with Gasteiger partial charge in [0.05, 0.1) is 0 Å². The van der Waals surface area contributed by atoms with Crippen LogP contribution in [-0.2, 0) is 6.54 Å². The molecule has 0 heterocycles. The fourth-order valence-corrected chi connectivity index (χ4v) is 1.37. The quantitative estimate of drug-likeness (QED) is 0.294. The number of azide groups is 1. The highest BCUT2D eigenvalue weighted by atomic mass is 127. The first kappa shape index (κ1) is 11.3. The molecule has 1 aromatic carbocycles. The van der Waals surface area contributed by atoms with Crippen molar-refractivity contribution in [3.63, 3.8) is 0 Å². The maximum atomic E-state index is 8.04. The molecule has 0 aromatic heterocycles. The molecule has 0 saturated heterocycles. The largest absolute Gasteiger partial charge is 0.313 e. The highest BCUT2D eigenvalue weighted by Crippen LogP contribution is 2.06. The standard InChI is InChI=1S/C9H11IN4/c10-9-3-1-8(2-4-9)7-12-5-6-13-14-11/h1-4,12H,5-7H2. The van der Waals surface area contributed by atoms with E-state index < -0.39 is 0 Å². The molecule has 1 rings (SSSR count). The lowest BCUT2D eigenvalue weighted by molar-refractivity contribution is 0.693. The van der Waals surface area contributed by atoms with Crippen molar-refractivity contribution in [1.29, 1.82) is 0 Å². The summed E-state index contributed by atoms with van der Waals surface area (Å²) >= 11 is 2.28. The third kappa shape index (κ3) is 4.45. The second kappa shape index (κ2) is 6.64. The lowest BCUT2D eigenvalue weighted by atomic mass is 10.2. The summed E-state index contributed by atoms with van der Waals surface area (Å²) in [6, 6.07) is 8.32. The molecule has 0 saturated carbocycles. The van der Waals surface area contributed by atoms with Crippen LogP contribution < -0.4 is 5.32 Å². The van der Waals surface area contributed by atoms with E-state index >= 15 is 0 Å². The number of hydrogen-bond acceptors (Lipinski definition) is 2. The Kier molecular flexibility index (Phi) is 5.36. The van der Waals surface area contributed by atoms with Crippen molar-refractivity contribution in [1.82, 2.24) is 5.32 Å². The van der Waals surface area contributed by atoms with Crippen molar-refractivity contribution in [3.8, 4) is 0 Å². The molecule has 0 bridgehead atoms. The third-order valence-electron chi connectivity index (χ3n) is 1.69. The second-order valence-corrected chi connectivity index (χ2v) is 4.00. The van der Waals surface area contributed by atoms with Crippen LogP contribution in [-0.4, -0.2) is 13.1 Å². The van der Waals surface area contributed by atoms with Crippen LogP contribution in [0.15, 0.2) is 29.4 Å². The Hall–Kier alpha value is -0.780. The van der Waals surface area contributed by atoms with Gasteiger partial charge < -0.3 is 5.32 Å². The summed E-state index contributed by atoms with van der Waals surface area (Å²) in [6.45, 7) is 2.04. The molecule has 0 radical (unpaired) electrons. The molecule has 0 aliphatic heterocycles. The van der Waals surface area contributed by atoms with Crippen LogP contribution in [0.2, 0.25) is 0 Å². The molecule has 1 N–H and O–H groups in total. The van der Waals surface area contributed by atoms with Crippen molar-refractivity contribution in [3.05, 3.63) is 43.8 Å². The van der Waals surface area contributed by atoms with E-state index in [-0.39, 0.29) is 0 Å². The molecule has 14 heavy (non-hydrogen) atoms. The van der Waals surface area contributed by atoms with Gasteiger partial charge in [-0.15, -0.1) is 0 Å². The van der Waals surface area contributed by atoms with E-state index in [2.05, 4.69) is 62.2 Å². The summed E-state index contributed by atoms with van der Waals surface area (Å²) in [5.74, 6) is 0. The van der Waals surface area contributed by atoms with Crippen LogP contribution in [0.5, 0.6) is 0 Å². The van der Waals surface area contributed by atoms with E-state index in [1.807, 2.05) is 0 Å². The molecular formula is C9H11IN4. The average molecular weight is 302 g/mol. The first-order valence-electron chi connectivity index (χ1n) is 4.29. The van der Waals surface area contributed by atoms with Crippen LogP contribution in [0.25, 0.3) is 10.4 Å². The summed E-state index contributed by atoms with van der Waals surface area (Å²) < 4.78 is 1.24. The van der Waals surface area contributed by atoms with Crippen molar-refractivity contribution in [2.24, 2.45) is 5.11 Å². The summed E-state index contributed by atoms with van der Waals surface area (Å²) in [5, 5.41) is 6.62. The smallest absolute Gasteiger partial charge is 0.0383 e. The molecule has 0 unspecified atom stereocenters. The summed E-state index contributed by atoms with van der Waals surface area (Å²) in [4.78, 5) is 2.68. The van der Waals surface area contributed by atoms with Crippen LogP contribution in [0, 0.1) is 3.57 Å². The Morgan fingerprint density at radius 1 is 1.36 bits per heavy atom. The number of nitrogens with one attached hydrogen (secondary N) is 1. The van der Waals surface area contributed by atoms with Crippen LogP contribution >= 0.6 is 22.6 Å². The van der Waals surface area contributed by atoms with E-state index in [1.54, 1.807) is 0 Å². The summed E-state index contributed by atoms with van der Waals surface area (Å²) in [6.07, 6.45) is 0. The minimum Gasteiger partial charge on any atom is -0.313 e. The van der Waals surface area contributed by atoms with Crippen LogP contribution in [0.4, 0.5) is 0 Å². The van der Waals surface area contributed by atoms with Gasteiger partial charge in [-0.25, -0.2) is 0 Å². The Balaban J connectivity index is 2.24. The maximum absolute atomic E-state index is 8.04. The molecule has 0 spiro atoms. The van der Waals surface area contributed by atoms with Crippen molar-refractivity contribution >= 4 is 22.6 Å². The minimum atomic E-state index is 0.501. The molecule has 4 nitrogen and oxygen atoms in total. The monoisotopic (exact) mass is 302 g/mol. The van der Waals surface area contributed by atoms with Gasteiger partial charge in [-0.05, 0) is 45.8 Å². The number of hydrogen-bond donors (Lipinski definition) is 1. The van der Waals surface area contributed by atoms with E-state index in [0.29, 0.717) is 6.54 Å². The SMILES string of the molecule is [N-]=[N+]=NCCNCc1ccc(I)cc1. The first-order chi connectivity index (χ1) is 6.83. The number of benzene rings is 1. The zero-order valence-corrected chi connectivity index (χ0v) is 9.81. The van der Waals surface area contributed by atoms with Crippen LogP contribution in [0.1, 0.15) is 5.56 Å². The molecule has 0 amide bonds. The van der Waals surface area contributed by atoms with Crippen molar-refractivity contribution < 1.29 is 0 Å². The Bertz CT molecular complexity index is 316.